The maximum Gasteiger partial charge on any atom is 0.322 e. The number of carbonyl (C=O) groups excluding carboxylic acids is 1. The van der Waals surface area contributed by atoms with Crippen LogP contribution in [0.5, 0.6) is 0 Å². The number of esters is 1. The first-order valence-electron chi connectivity index (χ1n) is 7.35. The molecular formula is C16H27BrO2. The largest absolute Gasteiger partial charge is 0.465 e. The van der Waals surface area contributed by atoms with Crippen LogP contribution in [0.4, 0.5) is 0 Å². The highest BCUT2D eigenvalue weighted by atomic mass is 79.9. The van der Waals surface area contributed by atoms with Crippen LogP contribution in [-0.2, 0) is 9.53 Å². The van der Waals surface area contributed by atoms with E-state index in [1.807, 2.05) is 13.8 Å². The zero-order valence-corrected chi connectivity index (χ0v) is 14.2. The molecule has 0 aromatic carbocycles. The molecule has 0 aliphatic heterocycles. The summed E-state index contributed by atoms with van der Waals surface area (Å²) in [4.78, 5) is 11.5. The molecular weight excluding hydrogens is 304 g/mol. The summed E-state index contributed by atoms with van der Waals surface area (Å²) >= 11 is 3.31. The monoisotopic (exact) mass is 330 g/mol. The number of allylic oxidation sites excluding steroid dienone is 2. The van der Waals surface area contributed by atoms with Gasteiger partial charge in [-0.2, -0.15) is 0 Å². The Kier molecular flexibility index (Phi) is 6.58. The molecule has 3 atom stereocenters. The number of alkyl halides is 1. The summed E-state index contributed by atoms with van der Waals surface area (Å²) in [5.41, 5.74) is 0. The van der Waals surface area contributed by atoms with E-state index in [0.29, 0.717) is 12.5 Å². The number of rotatable bonds is 6. The Morgan fingerprint density at radius 1 is 1.37 bits per heavy atom. The smallest absolute Gasteiger partial charge is 0.322 e. The van der Waals surface area contributed by atoms with Crippen LogP contribution in [0.3, 0.4) is 0 Å². The minimum Gasteiger partial charge on any atom is -0.465 e. The molecule has 2 nitrogen and oxygen atoms in total. The summed E-state index contributed by atoms with van der Waals surface area (Å²) in [6, 6.07) is 0. The van der Waals surface area contributed by atoms with Gasteiger partial charge in [-0.1, -0.05) is 41.9 Å². The second-order valence-electron chi connectivity index (χ2n) is 6.27. The Morgan fingerprint density at radius 3 is 2.68 bits per heavy atom. The summed E-state index contributed by atoms with van der Waals surface area (Å²) in [5.74, 6) is 2.09. The molecule has 3 heteroatoms. The lowest BCUT2D eigenvalue weighted by atomic mass is 9.76. The molecule has 0 radical (unpaired) electrons. The van der Waals surface area contributed by atoms with Gasteiger partial charge >= 0.3 is 5.97 Å². The summed E-state index contributed by atoms with van der Waals surface area (Å²) in [7, 11) is 0. The number of hydrogen-bond donors (Lipinski definition) is 0. The first-order chi connectivity index (χ1) is 8.82. The number of unbranched alkanes of at least 4 members (excludes halogenated alkanes) is 1. The van der Waals surface area contributed by atoms with Crippen molar-refractivity contribution in [3.63, 3.8) is 0 Å². The van der Waals surface area contributed by atoms with Crippen LogP contribution < -0.4 is 0 Å². The Bertz CT molecular complexity index is 317. The van der Waals surface area contributed by atoms with E-state index in [2.05, 4.69) is 41.9 Å². The van der Waals surface area contributed by atoms with Crippen molar-refractivity contribution < 1.29 is 9.53 Å². The average molecular weight is 331 g/mol. The van der Waals surface area contributed by atoms with Crippen molar-refractivity contribution in [2.75, 3.05) is 6.61 Å². The molecule has 0 aromatic heterocycles. The van der Waals surface area contributed by atoms with E-state index in [0.717, 1.165) is 24.7 Å². The molecule has 1 aliphatic rings. The highest BCUT2D eigenvalue weighted by Gasteiger charge is 2.25. The van der Waals surface area contributed by atoms with Crippen LogP contribution >= 0.6 is 15.9 Å². The maximum atomic E-state index is 11.5. The van der Waals surface area contributed by atoms with Gasteiger partial charge in [0.2, 0.25) is 0 Å². The standard InChI is InChI=1S/C16H27BrO2/c1-12-8-7-10-14(13(12)2)9-5-6-11-19-15(18)16(3,4)17/h7,10,12-14H,5-6,8-9,11H2,1-4H3. The van der Waals surface area contributed by atoms with Gasteiger partial charge in [0.25, 0.3) is 0 Å². The van der Waals surface area contributed by atoms with Gasteiger partial charge in [-0.25, -0.2) is 0 Å². The Hall–Kier alpha value is -0.310. The van der Waals surface area contributed by atoms with Gasteiger partial charge in [-0.3, -0.25) is 4.79 Å². The Morgan fingerprint density at radius 2 is 2.05 bits per heavy atom. The molecule has 0 saturated carbocycles. The molecule has 0 fully saturated rings. The fourth-order valence-corrected chi connectivity index (χ4v) is 2.57. The third-order valence-electron chi connectivity index (χ3n) is 4.11. The van der Waals surface area contributed by atoms with Crippen LogP contribution in [0.25, 0.3) is 0 Å². The zero-order valence-electron chi connectivity index (χ0n) is 12.6. The summed E-state index contributed by atoms with van der Waals surface area (Å²) < 4.78 is 4.67. The normalized spacial score (nSPS) is 27.3. The molecule has 110 valence electrons. The molecule has 1 rings (SSSR count). The third kappa shape index (κ3) is 5.68. The maximum absolute atomic E-state index is 11.5. The number of halogens is 1. The Labute approximate surface area is 126 Å². The molecule has 0 amide bonds. The Balaban J connectivity index is 2.16. The topological polar surface area (TPSA) is 26.3 Å². The van der Waals surface area contributed by atoms with E-state index >= 15 is 0 Å². The van der Waals surface area contributed by atoms with Crippen LogP contribution in [-0.4, -0.2) is 16.9 Å². The second-order valence-corrected chi connectivity index (χ2v) is 8.25. The summed E-state index contributed by atoms with van der Waals surface area (Å²) in [6.07, 6.45) is 9.20. The fraction of sp³-hybridized carbons (Fsp3) is 0.812. The highest BCUT2D eigenvalue weighted by Crippen LogP contribution is 2.32. The van der Waals surface area contributed by atoms with Gasteiger partial charge in [0, 0.05) is 0 Å². The predicted octanol–water partition coefficient (Wildman–Crippen LogP) is 4.72. The lowest BCUT2D eigenvalue weighted by molar-refractivity contribution is -0.145. The number of hydrogen-bond acceptors (Lipinski definition) is 2. The second kappa shape index (κ2) is 7.47. The SMILES string of the molecule is CC1CC=CC(CCCCOC(=O)C(C)(C)Br)C1C. The minimum atomic E-state index is -0.566. The van der Waals surface area contributed by atoms with Crippen LogP contribution in [0.15, 0.2) is 12.2 Å². The van der Waals surface area contributed by atoms with Crippen molar-refractivity contribution in [2.45, 2.75) is 57.7 Å². The molecule has 0 spiro atoms. The number of carbonyl (C=O) groups is 1. The van der Waals surface area contributed by atoms with Gasteiger partial charge in [0.1, 0.15) is 4.32 Å². The molecule has 0 bridgehead atoms. The van der Waals surface area contributed by atoms with Gasteiger partial charge in [-0.05, 0) is 57.3 Å². The van der Waals surface area contributed by atoms with Crippen molar-refractivity contribution in [3.05, 3.63) is 12.2 Å². The minimum absolute atomic E-state index is 0.174. The lowest BCUT2D eigenvalue weighted by Crippen LogP contribution is -2.27. The van der Waals surface area contributed by atoms with Gasteiger partial charge in [0.15, 0.2) is 0 Å². The van der Waals surface area contributed by atoms with E-state index in [1.165, 1.54) is 12.8 Å². The quantitative estimate of drug-likeness (QED) is 0.305. The van der Waals surface area contributed by atoms with Gasteiger partial charge < -0.3 is 4.74 Å². The molecule has 1 aliphatic carbocycles. The lowest BCUT2D eigenvalue weighted by Gasteiger charge is -2.30. The summed E-state index contributed by atoms with van der Waals surface area (Å²) in [6.45, 7) is 8.85. The third-order valence-corrected chi connectivity index (χ3v) is 4.44. The van der Waals surface area contributed by atoms with Crippen LogP contribution in [0.1, 0.15) is 53.4 Å². The van der Waals surface area contributed by atoms with Crippen LogP contribution in [0.2, 0.25) is 0 Å². The van der Waals surface area contributed by atoms with E-state index < -0.39 is 4.32 Å². The van der Waals surface area contributed by atoms with Crippen molar-refractivity contribution in [3.8, 4) is 0 Å². The first-order valence-corrected chi connectivity index (χ1v) is 8.14. The van der Waals surface area contributed by atoms with Gasteiger partial charge in [0.05, 0.1) is 6.61 Å². The molecule has 0 saturated heterocycles. The predicted molar refractivity (Wildman–Crippen MR) is 83.4 cm³/mol. The molecule has 3 unspecified atom stereocenters. The zero-order chi connectivity index (χ0) is 14.5. The van der Waals surface area contributed by atoms with Crippen molar-refractivity contribution in [2.24, 2.45) is 17.8 Å². The first kappa shape index (κ1) is 16.7. The van der Waals surface area contributed by atoms with E-state index in [-0.39, 0.29) is 5.97 Å². The van der Waals surface area contributed by atoms with E-state index in [1.54, 1.807) is 0 Å². The van der Waals surface area contributed by atoms with Gasteiger partial charge in [-0.15, -0.1) is 0 Å². The van der Waals surface area contributed by atoms with E-state index in [9.17, 15) is 4.79 Å². The molecule has 0 N–H and O–H groups in total. The van der Waals surface area contributed by atoms with Crippen molar-refractivity contribution in [1.29, 1.82) is 0 Å². The summed E-state index contributed by atoms with van der Waals surface area (Å²) in [5, 5.41) is 0. The molecule has 19 heavy (non-hydrogen) atoms. The van der Waals surface area contributed by atoms with Crippen molar-refractivity contribution in [1.82, 2.24) is 0 Å². The van der Waals surface area contributed by atoms with E-state index in [4.69, 9.17) is 4.74 Å². The fourth-order valence-electron chi connectivity index (χ4n) is 2.46. The van der Waals surface area contributed by atoms with Crippen LogP contribution in [0, 0.1) is 17.8 Å². The number of ether oxygens (including phenoxy) is 1. The van der Waals surface area contributed by atoms with Crippen molar-refractivity contribution >= 4 is 21.9 Å². The average Bonchev–Trinajstić information content (AvgIpc) is 2.32. The highest BCUT2D eigenvalue weighted by molar-refractivity contribution is 9.10. The molecule has 0 aromatic rings. The molecule has 0 heterocycles.